The Balaban J connectivity index is 1.56. The summed E-state index contributed by atoms with van der Waals surface area (Å²) in [6.45, 7) is 12.1. The molecule has 2 bridgehead atoms. The van der Waals surface area contributed by atoms with Crippen molar-refractivity contribution in [1.29, 1.82) is 0 Å². The number of fused-ring (bicyclic) bond motifs is 1. The number of benzene rings is 1. The normalized spacial score (nSPS) is 28.3. The van der Waals surface area contributed by atoms with E-state index in [1.165, 1.54) is 48.7 Å². The van der Waals surface area contributed by atoms with E-state index in [1.54, 1.807) is 5.56 Å². The SMILES string of the molecule is C[C@@H]1C[C@H]2Cc3nc(-c4ccccn4)c([Si](C)(C)C)cc3[C@@]3(C1)[C@@H]2CCCN3Cc1ccccc1. The fourth-order valence-corrected chi connectivity index (χ4v) is 9.18. The topological polar surface area (TPSA) is 29.0 Å². The van der Waals surface area contributed by atoms with Crippen LogP contribution < -0.4 is 5.19 Å². The van der Waals surface area contributed by atoms with Crippen molar-refractivity contribution in [2.24, 2.45) is 17.8 Å². The van der Waals surface area contributed by atoms with Crippen LogP contribution in [0.4, 0.5) is 0 Å². The van der Waals surface area contributed by atoms with E-state index in [0.717, 1.165) is 42.1 Å². The average molecular weight is 482 g/mol. The third kappa shape index (κ3) is 3.90. The van der Waals surface area contributed by atoms with Gasteiger partial charge in [0.15, 0.2) is 0 Å². The molecule has 1 aliphatic heterocycles. The van der Waals surface area contributed by atoms with Gasteiger partial charge in [0.1, 0.15) is 0 Å². The zero-order valence-electron chi connectivity index (χ0n) is 21.8. The van der Waals surface area contributed by atoms with Gasteiger partial charge in [-0.3, -0.25) is 14.9 Å². The van der Waals surface area contributed by atoms with Crippen molar-refractivity contribution < 1.29 is 0 Å². The summed E-state index contributed by atoms with van der Waals surface area (Å²) in [4.78, 5) is 13.2. The van der Waals surface area contributed by atoms with Gasteiger partial charge in [0.25, 0.3) is 0 Å². The molecule has 35 heavy (non-hydrogen) atoms. The third-order valence-corrected chi connectivity index (χ3v) is 11.0. The van der Waals surface area contributed by atoms with Gasteiger partial charge in [0, 0.05) is 18.4 Å². The van der Waals surface area contributed by atoms with Gasteiger partial charge >= 0.3 is 0 Å². The molecule has 3 nitrogen and oxygen atoms in total. The van der Waals surface area contributed by atoms with E-state index in [0.29, 0.717) is 0 Å². The fraction of sp³-hybridized carbons (Fsp3) is 0.484. The summed E-state index contributed by atoms with van der Waals surface area (Å²) in [6, 6.07) is 20.0. The van der Waals surface area contributed by atoms with Gasteiger partial charge in [-0.2, -0.15) is 0 Å². The highest BCUT2D eigenvalue weighted by Crippen LogP contribution is 2.59. The predicted molar refractivity (Wildman–Crippen MR) is 147 cm³/mol. The van der Waals surface area contributed by atoms with Crippen molar-refractivity contribution >= 4 is 13.3 Å². The van der Waals surface area contributed by atoms with Crippen LogP contribution in [-0.4, -0.2) is 29.5 Å². The minimum absolute atomic E-state index is 0.119. The second-order valence-electron chi connectivity index (χ2n) is 12.4. The number of aromatic nitrogens is 2. The first-order valence-electron chi connectivity index (χ1n) is 13.6. The lowest BCUT2D eigenvalue weighted by Crippen LogP contribution is -2.62. The molecule has 0 N–H and O–H groups in total. The molecule has 2 aromatic heterocycles. The highest BCUT2D eigenvalue weighted by molar-refractivity contribution is 6.89. The molecule has 0 spiro atoms. The smallest absolute Gasteiger partial charge is 0.0885 e. The molecule has 6 rings (SSSR count). The molecule has 4 heteroatoms. The first kappa shape index (κ1) is 23.1. The summed E-state index contributed by atoms with van der Waals surface area (Å²) in [7, 11) is -1.66. The monoisotopic (exact) mass is 481 g/mol. The largest absolute Gasteiger partial charge is 0.289 e. The summed E-state index contributed by atoms with van der Waals surface area (Å²) in [6.07, 6.45) is 8.35. The van der Waals surface area contributed by atoms with E-state index >= 15 is 0 Å². The van der Waals surface area contributed by atoms with E-state index in [9.17, 15) is 0 Å². The van der Waals surface area contributed by atoms with Crippen molar-refractivity contribution in [2.75, 3.05) is 6.54 Å². The van der Waals surface area contributed by atoms with Crippen LogP contribution in [0.2, 0.25) is 19.6 Å². The Morgan fingerprint density at radius 2 is 1.86 bits per heavy atom. The Morgan fingerprint density at radius 3 is 2.60 bits per heavy atom. The van der Waals surface area contributed by atoms with E-state index in [1.807, 2.05) is 12.3 Å². The van der Waals surface area contributed by atoms with Crippen LogP contribution in [0.5, 0.6) is 0 Å². The fourth-order valence-electron chi connectivity index (χ4n) is 7.71. The predicted octanol–water partition coefficient (Wildman–Crippen LogP) is 6.40. The summed E-state index contributed by atoms with van der Waals surface area (Å²) in [5, 5.41) is 1.48. The zero-order chi connectivity index (χ0) is 24.2. The van der Waals surface area contributed by atoms with Gasteiger partial charge in [0.2, 0.25) is 0 Å². The Labute approximate surface area is 212 Å². The average Bonchev–Trinajstić information content (AvgIpc) is 2.84. The lowest BCUT2D eigenvalue weighted by molar-refractivity contribution is -0.0967. The number of piperidine rings is 1. The van der Waals surface area contributed by atoms with Crippen LogP contribution in [0.15, 0.2) is 60.8 Å². The number of likely N-dealkylation sites (tertiary alicyclic amines) is 1. The maximum atomic E-state index is 5.53. The van der Waals surface area contributed by atoms with Crippen LogP contribution in [0.3, 0.4) is 0 Å². The highest BCUT2D eigenvalue weighted by atomic mass is 28.3. The van der Waals surface area contributed by atoms with Crippen molar-refractivity contribution in [2.45, 2.75) is 70.8 Å². The molecule has 3 aliphatic rings. The molecule has 2 fully saturated rings. The van der Waals surface area contributed by atoms with Crippen LogP contribution in [-0.2, 0) is 18.5 Å². The molecule has 1 saturated carbocycles. The van der Waals surface area contributed by atoms with Gasteiger partial charge in [0.05, 0.1) is 25.0 Å². The Bertz CT molecular complexity index is 1200. The standard InChI is InChI=1S/C31H39N3Si/c1-22-17-24-18-28-26(19-29(35(2,3)4)30(33-28)27-14-8-9-15-32-27)31(20-22)25(24)13-10-16-34(31)21-23-11-6-5-7-12-23/h5-9,11-12,14-15,19,22,24-25H,10,13,16-18,20-21H2,1-4H3/t22-,24+,25-,31-/m1/s1. The van der Waals surface area contributed by atoms with Crippen LogP contribution in [0, 0.1) is 17.8 Å². The van der Waals surface area contributed by atoms with Crippen LogP contribution in [0.1, 0.15) is 49.4 Å². The first-order valence-corrected chi connectivity index (χ1v) is 17.1. The second-order valence-corrected chi connectivity index (χ2v) is 17.5. The molecule has 1 aromatic carbocycles. The summed E-state index contributed by atoms with van der Waals surface area (Å²) >= 11 is 0. The number of rotatable bonds is 4. The maximum Gasteiger partial charge on any atom is 0.0885 e. The maximum absolute atomic E-state index is 5.53. The van der Waals surface area contributed by atoms with Gasteiger partial charge < -0.3 is 0 Å². The van der Waals surface area contributed by atoms with Gasteiger partial charge in [-0.1, -0.05) is 69.0 Å². The number of hydrogen-bond donors (Lipinski definition) is 0. The molecule has 2 aliphatic carbocycles. The Morgan fingerprint density at radius 1 is 1.06 bits per heavy atom. The lowest BCUT2D eigenvalue weighted by Gasteiger charge is -2.62. The molecule has 0 amide bonds. The molecular formula is C31H39N3Si. The number of hydrogen-bond acceptors (Lipinski definition) is 3. The molecule has 182 valence electrons. The molecular weight excluding hydrogens is 442 g/mol. The quantitative estimate of drug-likeness (QED) is 0.404. The van der Waals surface area contributed by atoms with Crippen molar-refractivity contribution in [3.05, 3.63) is 77.6 Å². The molecule has 3 aromatic rings. The first-order chi connectivity index (χ1) is 16.9. The molecule has 1 saturated heterocycles. The summed E-state index contributed by atoms with van der Waals surface area (Å²) in [5.41, 5.74) is 6.67. The molecule has 4 atom stereocenters. The van der Waals surface area contributed by atoms with Crippen LogP contribution in [0.25, 0.3) is 11.4 Å². The van der Waals surface area contributed by atoms with Gasteiger partial charge in [-0.15, -0.1) is 0 Å². The van der Waals surface area contributed by atoms with E-state index in [2.05, 4.69) is 80.0 Å². The number of pyridine rings is 2. The van der Waals surface area contributed by atoms with Gasteiger partial charge in [-0.25, -0.2) is 0 Å². The van der Waals surface area contributed by atoms with Crippen molar-refractivity contribution in [3.8, 4) is 11.4 Å². The van der Waals surface area contributed by atoms with Crippen LogP contribution >= 0.6 is 0 Å². The Kier molecular flexibility index (Phi) is 5.73. The number of nitrogens with zero attached hydrogens (tertiary/aromatic N) is 3. The highest BCUT2D eigenvalue weighted by Gasteiger charge is 2.57. The van der Waals surface area contributed by atoms with E-state index < -0.39 is 8.07 Å². The summed E-state index contributed by atoms with van der Waals surface area (Å²) in [5.74, 6) is 2.25. The van der Waals surface area contributed by atoms with Crippen molar-refractivity contribution in [3.63, 3.8) is 0 Å². The van der Waals surface area contributed by atoms with Gasteiger partial charge in [-0.05, 0) is 84.8 Å². The lowest BCUT2D eigenvalue weighted by atomic mass is 9.53. The Hall–Kier alpha value is -2.30. The van der Waals surface area contributed by atoms with E-state index in [-0.39, 0.29) is 5.54 Å². The minimum Gasteiger partial charge on any atom is -0.289 e. The van der Waals surface area contributed by atoms with E-state index in [4.69, 9.17) is 9.97 Å². The second kappa shape index (κ2) is 8.67. The third-order valence-electron chi connectivity index (χ3n) is 9.01. The summed E-state index contributed by atoms with van der Waals surface area (Å²) < 4.78 is 0. The molecule has 0 radical (unpaired) electrons. The minimum atomic E-state index is -1.66. The zero-order valence-corrected chi connectivity index (χ0v) is 22.8. The molecule has 0 unspecified atom stereocenters. The molecule has 3 heterocycles. The van der Waals surface area contributed by atoms with Crippen molar-refractivity contribution in [1.82, 2.24) is 14.9 Å².